The summed E-state index contributed by atoms with van der Waals surface area (Å²) < 4.78 is 0.851. The van der Waals surface area contributed by atoms with Gasteiger partial charge in [0.15, 0.2) is 0 Å². The van der Waals surface area contributed by atoms with Crippen molar-refractivity contribution in [1.29, 1.82) is 0 Å². The highest BCUT2D eigenvalue weighted by molar-refractivity contribution is 7.14. The highest BCUT2D eigenvalue weighted by Gasteiger charge is 2.07. The molecule has 1 atom stereocenters. The molecule has 0 spiro atoms. The van der Waals surface area contributed by atoms with Gasteiger partial charge in [0.05, 0.1) is 4.34 Å². The Morgan fingerprint density at radius 2 is 2.12 bits per heavy atom. The lowest BCUT2D eigenvalue weighted by Gasteiger charge is -2.13. The zero-order valence-electron chi connectivity index (χ0n) is 10.0. The van der Waals surface area contributed by atoms with Crippen LogP contribution < -0.4 is 5.32 Å². The van der Waals surface area contributed by atoms with Gasteiger partial charge < -0.3 is 5.32 Å². The fraction of sp³-hybridized carbons (Fsp3) is 0.286. The Morgan fingerprint density at radius 1 is 1.35 bits per heavy atom. The molecule has 3 heteroatoms. The Kier molecular flexibility index (Phi) is 4.21. The van der Waals surface area contributed by atoms with Gasteiger partial charge in [0, 0.05) is 12.6 Å². The first-order valence-electron chi connectivity index (χ1n) is 5.68. The Balaban J connectivity index is 1.97. The van der Waals surface area contributed by atoms with Crippen LogP contribution in [0.2, 0.25) is 4.34 Å². The molecule has 0 saturated carbocycles. The maximum absolute atomic E-state index is 5.94. The van der Waals surface area contributed by atoms with Gasteiger partial charge in [-0.15, -0.1) is 11.3 Å². The van der Waals surface area contributed by atoms with Crippen molar-refractivity contribution in [3.8, 4) is 0 Å². The lowest BCUT2D eigenvalue weighted by atomic mass is 10.1. The number of nitrogens with one attached hydrogen (secondary N) is 1. The van der Waals surface area contributed by atoms with Gasteiger partial charge in [-0.3, -0.25) is 0 Å². The van der Waals surface area contributed by atoms with E-state index in [0.29, 0.717) is 6.04 Å². The molecule has 1 heterocycles. The van der Waals surface area contributed by atoms with Crippen LogP contribution in [0.25, 0.3) is 0 Å². The molecule has 1 unspecified atom stereocenters. The molecule has 1 nitrogen and oxygen atoms in total. The van der Waals surface area contributed by atoms with Crippen molar-refractivity contribution in [1.82, 2.24) is 5.32 Å². The van der Waals surface area contributed by atoms with Gasteiger partial charge in [-0.25, -0.2) is 0 Å². The topological polar surface area (TPSA) is 12.0 Å². The van der Waals surface area contributed by atoms with Crippen molar-refractivity contribution < 1.29 is 0 Å². The first kappa shape index (κ1) is 12.6. The van der Waals surface area contributed by atoms with E-state index in [-0.39, 0.29) is 0 Å². The van der Waals surface area contributed by atoms with Crippen molar-refractivity contribution in [2.75, 3.05) is 0 Å². The monoisotopic (exact) mass is 265 g/mol. The van der Waals surface area contributed by atoms with Crippen LogP contribution in [0.5, 0.6) is 0 Å². The van der Waals surface area contributed by atoms with Crippen LogP contribution >= 0.6 is 22.9 Å². The van der Waals surface area contributed by atoms with Crippen LogP contribution in [0.3, 0.4) is 0 Å². The normalized spacial score (nSPS) is 12.6. The number of rotatable bonds is 4. The first-order valence-corrected chi connectivity index (χ1v) is 6.94. The molecular weight excluding hydrogens is 250 g/mol. The summed E-state index contributed by atoms with van der Waals surface area (Å²) in [5.41, 5.74) is 3.94. The predicted octanol–water partition coefficient (Wildman–Crippen LogP) is 4.56. The van der Waals surface area contributed by atoms with Gasteiger partial charge in [-0.1, -0.05) is 35.9 Å². The molecule has 2 rings (SSSR count). The summed E-state index contributed by atoms with van der Waals surface area (Å²) in [6.07, 6.45) is 0. The average Bonchev–Trinajstić information content (AvgIpc) is 2.74. The minimum absolute atomic E-state index is 0.332. The number of thiophene rings is 1. The molecular formula is C14H16ClNS. The number of hydrogen-bond donors (Lipinski definition) is 1. The van der Waals surface area contributed by atoms with E-state index in [4.69, 9.17) is 11.6 Å². The van der Waals surface area contributed by atoms with Crippen LogP contribution in [0, 0.1) is 6.92 Å². The second-order valence-corrected chi connectivity index (χ2v) is 5.76. The highest BCUT2D eigenvalue weighted by atomic mass is 35.5. The molecule has 1 aromatic heterocycles. The van der Waals surface area contributed by atoms with Gasteiger partial charge in [0.2, 0.25) is 0 Å². The zero-order chi connectivity index (χ0) is 12.3. The van der Waals surface area contributed by atoms with E-state index in [1.807, 2.05) is 6.07 Å². The molecule has 0 fully saturated rings. The fourth-order valence-corrected chi connectivity index (χ4v) is 2.72. The van der Waals surface area contributed by atoms with Gasteiger partial charge in [-0.2, -0.15) is 0 Å². The van der Waals surface area contributed by atoms with Crippen LogP contribution in [0.15, 0.2) is 35.7 Å². The first-order chi connectivity index (χ1) is 8.16. The van der Waals surface area contributed by atoms with E-state index in [2.05, 4.69) is 48.8 Å². The molecule has 0 saturated heterocycles. The van der Waals surface area contributed by atoms with Gasteiger partial charge >= 0.3 is 0 Å². The second kappa shape index (κ2) is 5.67. The van der Waals surface area contributed by atoms with Crippen LogP contribution in [-0.2, 0) is 6.54 Å². The molecule has 90 valence electrons. The summed E-state index contributed by atoms with van der Waals surface area (Å²) in [4.78, 5) is 0. The quantitative estimate of drug-likeness (QED) is 0.855. The maximum Gasteiger partial charge on any atom is 0.0931 e. The summed E-state index contributed by atoms with van der Waals surface area (Å²) in [5.74, 6) is 0. The standard InChI is InChI=1S/C14H16ClNS/c1-10-5-3-4-6-12(10)8-16-11(2)13-7-14(15)17-9-13/h3-7,9,11,16H,8H2,1-2H3. The van der Waals surface area contributed by atoms with Crippen LogP contribution in [-0.4, -0.2) is 0 Å². The SMILES string of the molecule is Cc1ccccc1CNC(C)c1csc(Cl)c1. The molecule has 0 radical (unpaired) electrons. The van der Waals surface area contributed by atoms with Gasteiger partial charge in [0.1, 0.15) is 0 Å². The van der Waals surface area contributed by atoms with Crippen molar-refractivity contribution >= 4 is 22.9 Å². The van der Waals surface area contributed by atoms with E-state index in [9.17, 15) is 0 Å². The number of halogens is 1. The zero-order valence-corrected chi connectivity index (χ0v) is 11.6. The van der Waals surface area contributed by atoms with E-state index in [1.165, 1.54) is 16.7 Å². The Bertz CT molecular complexity index is 492. The third kappa shape index (κ3) is 3.32. The highest BCUT2D eigenvalue weighted by Crippen LogP contribution is 2.24. The molecule has 0 aliphatic carbocycles. The van der Waals surface area contributed by atoms with E-state index in [0.717, 1.165) is 10.9 Å². The van der Waals surface area contributed by atoms with E-state index >= 15 is 0 Å². The Morgan fingerprint density at radius 3 is 2.76 bits per heavy atom. The summed E-state index contributed by atoms with van der Waals surface area (Å²) in [6.45, 7) is 5.20. The molecule has 17 heavy (non-hydrogen) atoms. The summed E-state index contributed by atoms with van der Waals surface area (Å²) in [7, 11) is 0. The lowest BCUT2D eigenvalue weighted by Crippen LogP contribution is -2.18. The minimum Gasteiger partial charge on any atom is -0.306 e. The summed E-state index contributed by atoms with van der Waals surface area (Å²) in [6, 6.07) is 10.8. The fourth-order valence-electron chi connectivity index (χ4n) is 1.74. The molecule has 0 bridgehead atoms. The molecule has 0 aliphatic rings. The van der Waals surface area contributed by atoms with E-state index in [1.54, 1.807) is 11.3 Å². The molecule has 1 aromatic carbocycles. The third-order valence-electron chi connectivity index (χ3n) is 2.95. The Labute approximate surface area is 111 Å². The molecule has 2 aromatic rings. The summed E-state index contributed by atoms with van der Waals surface area (Å²) >= 11 is 7.52. The Hall–Kier alpha value is -0.830. The van der Waals surface area contributed by atoms with Gasteiger partial charge in [0.25, 0.3) is 0 Å². The van der Waals surface area contributed by atoms with Crippen molar-refractivity contribution in [3.63, 3.8) is 0 Å². The molecule has 0 amide bonds. The maximum atomic E-state index is 5.94. The molecule has 0 aliphatic heterocycles. The number of hydrogen-bond acceptors (Lipinski definition) is 2. The lowest BCUT2D eigenvalue weighted by molar-refractivity contribution is 0.575. The van der Waals surface area contributed by atoms with Crippen molar-refractivity contribution in [2.45, 2.75) is 26.4 Å². The predicted molar refractivity (Wildman–Crippen MR) is 75.8 cm³/mol. The number of benzene rings is 1. The van der Waals surface area contributed by atoms with Crippen molar-refractivity contribution in [2.24, 2.45) is 0 Å². The van der Waals surface area contributed by atoms with Crippen LogP contribution in [0.1, 0.15) is 29.7 Å². The molecule has 1 N–H and O–H groups in total. The van der Waals surface area contributed by atoms with Crippen molar-refractivity contribution in [3.05, 3.63) is 56.7 Å². The smallest absolute Gasteiger partial charge is 0.0931 e. The number of aryl methyl sites for hydroxylation is 1. The second-order valence-electron chi connectivity index (χ2n) is 4.21. The van der Waals surface area contributed by atoms with Gasteiger partial charge in [-0.05, 0) is 42.0 Å². The van der Waals surface area contributed by atoms with Crippen LogP contribution in [0.4, 0.5) is 0 Å². The average molecular weight is 266 g/mol. The van der Waals surface area contributed by atoms with E-state index < -0.39 is 0 Å². The summed E-state index contributed by atoms with van der Waals surface area (Å²) in [5, 5.41) is 5.63. The minimum atomic E-state index is 0.332. The largest absolute Gasteiger partial charge is 0.306 e. The third-order valence-corrected chi connectivity index (χ3v) is 4.06.